The van der Waals surface area contributed by atoms with Crippen molar-refractivity contribution in [3.8, 4) is 6.07 Å². The molecule has 0 heterocycles. The third-order valence-electron chi connectivity index (χ3n) is 2.18. The van der Waals surface area contributed by atoms with Gasteiger partial charge in [0.2, 0.25) is 0 Å². The zero-order valence-electron chi connectivity index (χ0n) is 8.53. The summed E-state index contributed by atoms with van der Waals surface area (Å²) in [7, 11) is 0. The highest BCUT2D eigenvalue weighted by atomic mass is 14.2. The van der Waals surface area contributed by atoms with E-state index in [9.17, 15) is 0 Å². The summed E-state index contributed by atoms with van der Waals surface area (Å²) in [6.45, 7) is 2.16. The Bertz CT molecular complexity index is 330. The van der Waals surface area contributed by atoms with Gasteiger partial charge < -0.3 is 0 Å². The molecule has 0 atom stereocenters. The molecule has 0 fully saturated rings. The Kier molecular flexibility index (Phi) is 4.50. The summed E-state index contributed by atoms with van der Waals surface area (Å²) in [4.78, 5) is 0. The van der Waals surface area contributed by atoms with Crippen LogP contribution in [-0.4, -0.2) is 0 Å². The van der Waals surface area contributed by atoms with Crippen LogP contribution >= 0.6 is 0 Å². The van der Waals surface area contributed by atoms with Gasteiger partial charge in [0, 0.05) is 6.08 Å². The van der Waals surface area contributed by atoms with Crippen molar-refractivity contribution in [2.75, 3.05) is 0 Å². The lowest BCUT2D eigenvalue weighted by Gasteiger charge is -2.04. The molecule has 0 bridgehead atoms. The molecule has 14 heavy (non-hydrogen) atoms. The van der Waals surface area contributed by atoms with Gasteiger partial charge >= 0.3 is 0 Å². The van der Waals surface area contributed by atoms with Gasteiger partial charge in [0.15, 0.2) is 0 Å². The highest BCUT2D eigenvalue weighted by molar-refractivity contribution is 5.67. The fraction of sp³-hybridized carbons (Fsp3) is 0.308. The predicted molar refractivity (Wildman–Crippen MR) is 59.6 cm³/mol. The van der Waals surface area contributed by atoms with Crippen LogP contribution in [0.15, 0.2) is 36.4 Å². The monoisotopic (exact) mass is 185 g/mol. The number of benzene rings is 1. The number of unbranched alkanes of at least 4 members (excludes halogenated alkanes) is 1. The molecule has 0 saturated heterocycles. The molecule has 0 aliphatic carbocycles. The van der Waals surface area contributed by atoms with Gasteiger partial charge in [-0.15, -0.1) is 0 Å². The molecule has 1 heteroatoms. The molecule has 0 amide bonds. The van der Waals surface area contributed by atoms with Crippen molar-refractivity contribution in [1.29, 1.82) is 5.26 Å². The van der Waals surface area contributed by atoms with Crippen LogP contribution in [0.3, 0.4) is 0 Å². The number of hydrogen-bond donors (Lipinski definition) is 0. The van der Waals surface area contributed by atoms with Gasteiger partial charge in [-0.2, -0.15) is 5.26 Å². The first-order valence-corrected chi connectivity index (χ1v) is 5.02. The number of nitriles is 1. The van der Waals surface area contributed by atoms with E-state index in [4.69, 9.17) is 5.26 Å². The van der Waals surface area contributed by atoms with Crippen molar-refractivity contribution in [3.05, 3.63) is 42.0 Å². The molecule has 0 aromatic heterocycles. The zero-order valence-corrected chi connectivity index (χ0v) is 8.53. The van der Waals surface area contributed by atoms with E-state index in [1.165, 1.54) is 5.56 Å². The Morgan fingerprint density at radius 3 is 2.64 bits per heavy atom. The predicted octanol–water partition coefficient (Wildman–Crippen LogP) is 3.78. The maximum Gasteiger partial charge on any atom is 0.0915 e. The molecular weight excluding hydrogens is 170 g/mol. The Labute approximate surface area is 85.7 Å². The summed E-state index contributed by atoms with van der Waals surface area (Å²) >= 11 is 0. The first kappa shape index (κ1) is 10.5. The summed E-state index contributed by atoms with van der Waals surface area (Å²) in [6, 6.07) is 12.2. The maximum absolute atomic E-state index is 8.67. The third kappa shape index (κ3) is 3.06. The maximum atomic E-state index is 8.67. The fourth-order valence-corrected chi connectivity index (χ4v) is 1.40. The van der Waals surface area contributed by atoms with Crippen LogP contribution in [0.2, 0.25) is 0 Å². The van der Waals surface area contributed by atoms with Crippen molar-refractivity contribution in [3.63, 3.8) is 0 Å². The van der Waals surface area contributed by atoms with Crippen molar-refractivity contribution >= 4 is 5.57 Å². The van der Waals surface area contributed by atoms with E-state index in [2.05, 4.69) is 25.1 Å². The minimum absolute atomic E-state index is 0.994. The summed E-state index contributed by atoms with van der Waals surface area (Å²) < 4.78 is 0. The summed E-state index contributed by atoms with van der Waals surface area (Å²) in [5.74, 6) is 0. The first-order valence-electron chi connectivity index (χ1n) is 5.02. The van der Waals surface area contributed by atoms with Gasteiger partial charge in [-0.1, -0.05) is 43.7 Å². The van der Waals surface area contributed by atoms with E-state index < -0.39 is 0 Å². The fourth-order valence-electron chi connectivity index (χ4n) is 1.40. The molecule has 0 radical (unpaired) electrons. The van der Waals surface area contributed by atoms with Gasteiger partial charge in [-0.25, -0.2) is 0 Å². The SMILES string of the molecule is CCCC/C(=C\C#N)c1ccccc1. The topological polar surface area (TPSA) is 23.8 Å². The van der Waals surface area contributed by atoms with Crippen molar-refractivity contribution < 1.29 is 0 Å². The second kappa shape index (κ2) is 5.99. The normalized spacial score (nSPS) is 11.0. The quantitative estimate of drug-likeness (QED) is 0.655. The van der Waals surface area contributed by atoms with Crippen LogP contribution < -0.4 is 0 Å². The van der Waals surface area contributed by atoms with Crippen molar-refractivity contribution in [2.45, 2.75) is 26.2 Å². The highest BCUT2D eigenvalue weighted by Crippen LogP contribution is 2.19. The second-order valence-corrected chi connectivity index (χ2v) is 3.27. The molecule has 1 aromatic carbocycles. The number of nitrogens with zero attached hydrogens (tertiary/aromatic N) is 1. The highest BCUT2D eigenvalue weighted by Gasteiger charge is 1.99. The Morgan fingerprint density at radius 1 is 1.36 bits per heavy atom. The van der Waals surface area contributed by atoms with Gasteiger partial charge in [0.1, 0.15) is 0 Å². The minimum Gasteiger partial charge on any atom is -0.193 e. The molecule has 0 spiro atoms. The van der Waals surface area contributed by atoms with Crippen LogP contribution in [0.25, 0.3) is 5.57 Å². The summed E-state index contributed by atoms with van der Waals surface area (Å²) in [6.07, 6.45) is 4.96. The number of allylic oxidation sites excluding steroid dienone is 2. The van der Waals surface area contributed by atoms with Crippen LogP contribution in [0.1, 0.15) is 31.7 Å². The van der Waals surface area contributed by atoms with Gasteiger partial charge in [-0.3, -0.25) is 0 Å². The van der Waals surface area contributed by atoms with Crippen LogP contribution in [-0.2, 0) is 0 Å². The van der Waals surface area contributed by atoms with Gasteiger partial charge in [0.05, 0.1) is 6.07 Å². The van der Waals surface area contributed by atoms with Crippen LogP contribution in [0, 0.1) is 11.3 Å². The van der Waals surface area contributed by atoms with E-state index in [1.54, 1.807) is 6.08 Å². The second-order valence-electron chi connectivity index (χ2n) is 3.27. The standard InChI is InChI=1S/C13H15N/c1-2-3-7-13(10-11-14)12-8-5-4-6-9-12/h4-6,8-10H,2-3,7H2,1H3/b13-10+. The average Bonchev–Trinajstić information content (AvgIpc) is 2.25. The Morgan fingerprint density at radius 2 is 2.07 bits per heavy atom. The molecule has 1 rings (SSSR count). The van der Waals surface area contributed by atoms with Gasteiger partial charge in [0.25, 0.3) is 0 Å². The summed E-state index contributed by atoms with van der Waals surface area (Å²) in [5.41, 5.74) is 2.32. The molecule has 1 nitrogen and oxygen atoms in total. The molecule has 72 valence electrons. The largest absolute Gasteiger partial charge is 0.193 e. The zero-order chi connectivity index (χ0) is 10.2. The molecule has 0 unspecified atom stereocenters. The lowest BCUT2D eigenvalue weighted by atomic mass is 10.0. The Hall–Kier alpha value is -1.55. The molecule has 0 N–H and O–H groups in total. The molecule has 0 aliphatic rings. The van der Waals surface area contributed by atoms with E-state index in [0.29, 0.717) is 0 Å². The average molecular weight is 185 g/mol. The lowest BCUT2D eigenvalue weighted by molar-refractivity contribution is 0.824. The molecule has 0 aliphatic heterocycles. The molecule has 1 aromatic rings. The van der Waals surface area contributed by atoms with E-state index in [-0.39, 0.29) is 0 Å². The van der Waals surface area contributed by atoms with Crippen molar-refractivity contribution in [1.82, 2.24) is 0 Å². The van der Waals surface area contributed by atoms with Crippen LogP contribution in [0.4, 0.5) is 0 Å². The van der Waals surface area contributed by atoms with E-state index in [1.807, 2.05) is 18.2 Å². The first-order chi connectivity index (χ1) is 6.88. The molecular formula is C13H15N. The minimum atomic E-state index is 0.994. The lowest BCUT2D eigenvalue weighted by Crippen LogP contribution is -1.84. The molecule has 0 saturated carbocycles. The number of rotatable bonds is 4. The van der Waals surface area contributed by atoms with Crippen LogP contribution in [0.5, 0.6) is 0 Å². The van der Waals surface area contributed by atoms with E-state index >= 15 is 0 Å². The smallest absolute Gasteiger partial charge is 0.0915 e. The summed E-state index contributed by atoms with van der Waals surface area (Å²) in [5, 5.41) is 8.67. The Balaban J connectivity index is 2.80. The number of hydrogen-bond acceptors (Lipinski definition) is 1. The van der Waals surface area contributed by atoms with Gasteiger partial charge in [-0.05, 0) is 24.0 Å². The third-order valence-corrected chi connectivity index (χ3v) is 2.18. The van der Waals surface area contributed by atoms with E-state index in [0.717, 1.165) is 24.8 Å². The van der Waals surface area contributed by atoms with Crippen molar-refractivity contribution in [2.24, 2.45) is 0 Å².